The first-order valence-electron chi connectivity index (χ1n) is 9.26. The van der Waals surface area contributed by atoms with E-state index in [4.69, 9.17) is 0 Å². The number of hydrogen-bond acceptors (Lipinski definition) is 4. The summed E-state index contributed by atoms with van der Waals surface area (Å²) in [7, 11) is 5.48. The third kappa shape index (κ3) is 3.85. The molecule has 0 saturated carbocycles. The second-order valence-electron chi connectivity index (χ2n) is 7.92. The average molecular weight is 362 g/mol. The van der Waals surface area contributed by atoms with Crippen LogP contribution in [0, 0.1) is 5.41 Å². The third-order valence-corrected chi connectivity index (χ3v) is 5.38. The highest BCUT2D eigenvalue weighted by molar-refractivity contribution is 5.80. The van der Waals surface area contributed by atoms with Crippen molar-refractivity contribution >= 4 is 11.9 Å². The van der Waals surface area contributed by atoms with Gasteiger partial charge in [0.2, 0.25) is 5.91 Å². The summed E-state index contributed by atoms with van der Waals surface area (Å²) in [5, 5.41) is 4.25. The van der Waals surface area contributed by atoms with Crippen molar-refractivity contribution in [1.29, 1.82) is 0 Å². The van der Waals surface area contributed by atoms with Gasteiger partial charge in [0.05, 0.1) is 6.20 Å². The van der Waals surface area contributed by atoms with Crippen LogP contribution in [0.2, 0.25) is 0 Å². The molecule has 8 nitrogen and oxygen atoms in total. The van der Waals surface area contributed by atoms with E-state index in [0.717, 1.165) is 38.3 Å². The first kappa shape index (κ1) is 18.7. The summed E-state index contributed by atoms with van der Waals surface area (Å²) in [5.41, 5.74) is 0.962. The Labute approximate surface area is 155 Å². The highest BCUT2D eigenvalue weighted by atomic mass is 16.2. The molecule has 26 heavy (non-hydrogen) atoms. The molecule has 0 aliphatic carbocycles. The van der Waals surface area contributed by atoms with E-state index < -0.39 is 0 Å². The lowest BCUT2D eigenvalue weighted by Gasteiger charge is -2.34. The van der Waals surface area contributed by atoms with Gasteiger partial charge in [-0.1, -0.05) is 0 Å². The number of aromatic nitrogens is 2. The van der Waals surface area contributed by atoms with Crippen LogP contribution in [0.4, 0.5) is 4.79 Å². The van der Waals surface area contributed by atoms with Gasteiger partial charge in [0.25, 0.3) is 0 Å². The minimum absolute atomic E-state index is 0.0231. The standard InChI is InChI=1S/C18H30N6O2/c1-5-23-13-18(8-16(23)25)12-22(11-15-9-19-21(4)10-15)6-7-24(14-18)17(26)20(2)3/h9-10H,5-8,11-14H2,1-4H3/t18-/m1/s1. The lowest BCUT2D eigenvalue weighted by atomic mass is 9.86. The number of amides is 3. The molecule has 2 saturated heterocycles. The van der Waals surface area contributed by atoms with Gasteiger partial charge < -0.3 is 14.7 Å². The van der Waals surface area contributed by atoms with Crippen LogP contribution in [-0.2, 0) is 18.4 Å². The van der Waals surface area contributed by atoms with Crippen LogP contribution in [0.5, 0.6) is 0 Å². The summed E-state index contributed by atoms with van der Waals surface area (Å²) in [6.45, 7) is 7.20. The molecule has 3 amide bonds. The Bertz CT molecular complexity index is 672. The zero-order chi connectivity index (χ0) is 18.9. The van der Waals surface area contributed by atoms with E-state index in [1.165, 1.54) is 0 Å². The largest absolute Gasteiger partial charge is 0.342 e. The fraction of sp³-hybridized carbons (Fsp3) is 0.722. The number of rotatable bonds is 3. The normalized spacial score (nSPS) is 24.4. The zero-order valence-electron chi connectivity index (χ0n) is 16.3. The molecule has 3 rings (SSSR count). The van der Waals surface area contributed by atoms with Crippen molar-refractivity contribution in [3.8, 4) is 0 Å². The number of nitrogens with zero attached hydrogens (tertiary/aromatic N) is 6. The summed E-state index contributed by atoms with van der Waals surface area (Å²) < 4.78 is 1.81. The maximum absolute atomic E-state index is 12.6. The SMILES string of the molecule is CCN1C[C@@]2(CC1=O)CN(Cc1cnn(C)c1)CCN(C(=O)N(C)C)C2. The lowest BCUT2D eigenvalue weighted by molar-refractivity contribution is -0.127. The molecule has 0 bridgehead atoms. The number of urea groups is 1. The van der Waals surface area contributed by atoms with Crippen LogP contribution in [0.25, 0.3) is 0 Å². The van der Waals surface area contributed by atoms with Crippen molar-refractivity contribution in [2.24, 2.45) is 12.5 Å². The molecule has 3 heterocycles. The molecular weight excluding hydrogens is 332 g/mol. The van der Waals surface area contributed by atoms with Gasteiger partial charge in [0.15, 0.2) is 0 Å². The molecule has 2 aliphatic rings. The van der Waals surface area contributed by atoms with Gasteiger partial charge in [-0.3, -0.25) is 14.4 Å². The highest BCUT2D eigenvalue weighted by Crippen LogP contribution is 2.35. The zero-order valence-corrected chi connectivity index (χ0v) is 16.3. The first-order chi connectivity index (χ1) is 12.3. The second-order valence-corrected chi connectivity index (χ2v) is 7.92. The maximum Gasteiger partial charge on any atom is 0.319 e. The van der Waals surface area contributed by atoms with Crippen molar-refractivity contribution in [1.82, 2.24) is 29.4 Å². The van der Waals surface area contributed by atoms with E-state index in [9.17, 15) is 9.59 Å². The molecule has 0 N–H and O–H groups in total. The van der Waals surface area contributed by atoms with Crippen molar-refractivity contribution in [2.75, 3.05) is 53.4 Å². The monoisotopic (exact) mass is 362 g/mol. The fourth-order valence-electron chi connectivity index (χ4n) is 4.22. The highest BCUT2D eigenvalue weighted by Gasteiger charge is 2.46. The molecule has 0 aromatic carbocycles. The fourth-order valence-corrected chi connectivity index (χ4v) is 4.22. The number of hydrogen-bond donors (Lipinski definition) is 0. The van der Waals surface area contributed by atoms with E-state index in [0.29, 0.717) is 19.5 Å². The van der Waals surface area contributed by atoms with Gasteiger partial charge in [0.1, 0.15) is 0 Å². The van der Waals surface area contributed by atoms with Crippen molar-refractivity contribution in [3.63, 3.8) is 0 Å². The Balaban J connectivity index is 1.82. The van der Waals surface area contributed by atoms with Crippen molar-refractivity contribution < 1.29 is 9.59 Å². The van der Waals surface area contributed by atoms with Crippen molar-refractivity contribution in [3.05, 3.63) is 18.0 Å². The molecule has 1 spiro atoms. The third-order valence-electron chi connectivity index (χ3n) is 5.38. The van der Waals surface area contributed by atoms with Gasteiger partial charge in [-0.2, -0.15) is 5.10 Å². The van der Waals surface area contributed by atoms with Gasteiger partial charge in [-0.25, -0.2) is 4.79 Å². The number of carbonyl (C=O) groups is 2. The average Bonchev–Trinajstić information content (AvgIpc) is 3.07. The second kappa shape index (κ2) is 7.26. The summed E-state index contributed by atoms with van der Waals surface area (Å²) in [6, 6.07) is 0.0231. The Kier molecular flexibility index (Phi) is 5.22. The Hall–Kier alpha value is -2.09. The van der Waals surface area contributed by atoms with E-state index in [2.05, 4.69) is 10.00 Å². The Morgan fingerprint density at radius 3 is 2.62 bits per heavy atom. The van der Waals surface area contributed by atoms with Crippen LogP contribution in [0.3, 0.4) is 0 Å². The molecule has 1 aromatic heterocycles. The Morgan fingerprint density at radius 1 is 1.27 bits per heavy atom. The van der Waals surface area contributed by atoms with E-state index in [1.54, 1.807) is 19.0 Å². The molecule has 2 aliphatic heterocycles. The molecule has 1 aromatic rings. The summed E-state index contributed by atoms with van der Waals surface area (Å²) in [5.74, 6) is 0.202. The molecule has 144 valence electrons. The van der Waals surface area contributed by atoms with Gasteiger partial charge in [-0.05, 0) is 6.92 Å². The topological polar surface area (TPSA) is 64.9 Å². The molecular formula is C18H30N6O2. The maximum atomic E-state index is 12.6. The van der Waals surface area contributed by atoms with E-state index >= 15 is 0 Å². The van der Waals surface area contributed by atoms with Crippen LogP contribution >= 0.6 is 0 Å². The first-order valence-corrected chi connectivity index (χ1v) is 9.26. The molecule has 1 atom stereocenters. The van der Waals surface area contributed by atoms with Crippen LogP contribution in [0.1, 0.15) is 18.9 Å². The van der Waals surface area contributed by atoms with Crippen molar-refractivity contribution in [2.45, 2.75) is 19.9 Å². The summed E-state index contributed by atoms with van der Waals surface area (Å²) in [6.07, 6.45) is 4.43. The van der Waals surface area contributed by atoms with Gasteiger partial charge in [-0.15, -0.1) is 0 Å². The van der Waals surface area contributed by atoms with Crippen LogP contribution in [0.15, 0.2) is 12.4 Å². The molecule has 8 heteroatoms. The molecule has 0 radical (unpaired) electrons. The smallest absolute Gasteiger partial charge is 0.319 e. The van der Waals surface area contributed by atoms with E-state index in [-0.39, 0.29) is 17.4 Å². The molecule has 0 unspecified atom stereocenters. The van der Waals surface area contributed by atoms with Crippen LogP contribution < -0.4 is 0 Å². The quantitative estimate of drug-likeness (QED) is 0.784. The number of carbonyl (C=O) groups excluding carboxylic acids is 2. The molecule has 2 fully saturated rings. The Morgan fingerprint density at radius 2 is 2.04 bits per heavy atom. The minimum atomic E-state index is -0.197. The number of likely N-dealkylation sites (tertiary alicyclic amines) is 1. The van der Waals surface area contributed by atoms with Gasteiger partial charge >= 0.3 is 6.03 Å². The number of aryl methyl sites for hydroxylation is 1. The van der Waals surface area contributed by atoms with Crippen LogP contribution in [-0.4, -0.2) is 94.7 Å². The lowest BCUT2D eigenvalue weighted by Crippen LogP contribution is -2.47. The summed E-state index contributed by atoms with van der Waals surface area (Å²) >= 11 is 0. The summed E-state index contributed by atoms with van der Waals surface area (Å²) in [4.78, 5) is 32.9. The van der Waals surface area contributed by atoms with E-state index in [1.807, 2.05) is 40.8 Å². The predicted octanol–water partition coefficient (Wildman–Crippen LogP) is 0.458. The minimum Gasteiger partial charge on any atom is -0.342 e. The predicted molar refractivity (Wildman–Crippen MR) is 98.4 cm³/mol. The van der Waals surface area contributed by atoms with Gasteiger partial charge in [0, 0.05) is 90.6 Å².